The number of rotatable bonds is 5. The Morgan fingerprint density at radius 1 is 1.06 bits per heavy atom. The predicted octanol–water partition coefficient (Wildman–Crippen LogP) is 3.73. The number of esters is 1. The number of nitrogens with zero attached hydrogens (tertiary/aromatic N) is 1. The summed E-state index contributed by atoms with van der Waals surface area (Å²) in [7, 11) is 3.10. The zero-order valence-electron chi connectivity index (χ0n) is 16.7. The number of hydrogen-bond acceptors (Lipinski definition) is 8. The first-order chi connectivity index (χ1) is 15.0. The summed E-state index contributed by atoms with van der Waals surface area (Å²) in [4.78, 5) is 12.2. The molecule has 0 saturated carbocycles. The molecule has 1 aliphatic heterocycles. The van der Waals surface area contributed by atoms with E-state index in [0.717, 1.165) is 0 Å². The van der Waals surface area contributed by atoms with Crippen LogP contribution in [0.1, 0.15) is 27.6 Å². The maximum Gasteiger partial charge on any atom is 0.379 e. The van der Waals surface area contributed by atoms with E-state index < -0.39 is 11.9 Å². The number of hydrogen-bond donors (Lipinski definition) is 1. The van der Waals surface area contributed by atoms with Crippen LogP contribution in [0.5, 0.6) is 23.0 Å². The maximum absolute atomic E-state index is 12.2. The van der Waals surface area contributed by atoms with Crippen molar-refractivity contribution in [2.45, 2.75) is 5.92 Å². The molecule has 8 nitrogen and oxygen atoms in total. The number of allylic oxidation sites excluding steroid dienone is 1. The fraction of sp³-hybridized carbons (Fsp3) is 0.130. The van der Waals surface area contributed by atoms with Crippen LogP contribution in [0, 0.1) is 11.3 Å². The molecule has 2 aromatic carbocycles. The lowest BCUT2D eigenvalue weighted by Crippen LogP contribution is -2.21. The molecule has 0 saturated heterocycles. The molecule has 2 N–H and O–H groups in total. The highest BCUT2D eigenvalue weighted by Gasteiger charge is 2.33. The third kappa shape index (κ3) is 3.65. The first kappa shape index (κ1) is 19.9. The van der Waals surface area contributed by atoms with E-state index in [1.807, 2.05) is 0 Å². The van der Waals surface area contributed by atoms with Gasteiger partial charge in [-0.05, 0) is 36.4 Å². The molecule has 1 atom stereocenters. The van der Waals surface area contributed by atoms with Crippen LogP contribution in [0.25, 0.3) is 0 Å². The van der Waals surface area contributed by atoms with Crippen molar-refractivity contribution < 1.29 is 28.2 Å². The summed E-state index contributed by atoms with van der Waals surface area (Å²) in [5.41, 5.74) is 7.65. The predicted molar refractivity (Wildman–Crippen MR) is 109 cm³/mol. The van der Waals surface area contributed by atoms with E-state index in [9.17, 15) is 10.1 Å². The number of ether oxygens (including phenoxy) is 4. The number of fused-ring (bicyclic) bond motifs is 1. The Bertz CT molecular complexity index is 1210. The average molecular weight is 418 g/mol. The Labute approximate surface area is 178 Å². The number of nitrogens with two attached hydrogens (primary N) is 1. The van der Waals surface area contributed by atoms with Crippen molar-refractivity contribution in [3.05, 3.63) is 83.1 Å². The van der Waals surface area contributed by atoms with Crippen molar-refractivity contribution in [3.8, 4) is 29.1 Å². The summed E-state index contributed by atoms with van der Waals surface area (Å²) in [6.07, 6.45) is 1.38. The lowest BCUT2D eigenvalue weighted by Gasteiger charge is -2.28. The van der Waals surface area contributed by atoms with Crippen molar-refractivity contribution in [3.63, 3.8) is 0 Å². The highest BCUT2D eigenvalue weighted by molar-refractivity contribution is 5.88. The number of furan rings is 1. The summed E-state index contributed by atoms with van der Waals surface area (Å²) in [6.45, 7) is 0. The van der Waals surface area contributed by atoms with Crippen molar-refractivity contribution in [2.24, 2.45) is 5.73 Å². The molecule has 8 heteroatoms. The fourth-order valence-electron chi connectivity index (χ4n) is 3.44. The van der Waals surface area contributed by atoms with Crippen LogP contribution >= 0.6 is 0 Å². The SMILES string of the molecule is COc1ccc(OC)c(C2C(C#N)=C(N)Oc3cc(OC(=O)c4ccco4)ccc32)c1. The number of carbonyl (C=O) groups excluding carboxylic acids is 1. The van der Waals surface area contributed by atoms with Crippen LogP contribution < -0.4 is 24.7 Å². The average Bonchev–Trinajstić information content (AvgIpc) is 3.33. The van der Waals surface area contributed by atoms with Gasteiger partial charge >= 0.3 is 5.97 Å². The third-order valence-corrected chi connectivity index (χ3v) is 4.87. The fourth-order valence-corrected chi connectivity index (χ4v) is 3.44. The van der Waals surface area contributed by atoms with Gasteiger partial charge in [0.1, 0.15) is 34.6 Å². The molecule has 1 aromatic heterocycles. The lowest BCUT2D eigenvalue weighted by atomic mass is 9.83. The van der Waals surface area contributed by atoms with E-state index in [1.54, 1.807) is 50.6 Å². The van der Waals surface area contributed by atoms with Gasteiger partial charge in [-0.1, -0.05) is 6.07 Å². The molecule has 4 rings (SSSR count). The maximum atomic E-state index is 12.2. The van der Waals surface area contributed by atoms with E-state index >= 15 is 0 Å². The van der Waals surface area contributed by atoms with Gasteiger partial charge in [0.2, 0.25) is 11.6 Å². The minimum atomic E-state index is -0.645. The van der Waals surface area contributed by atoms with Gasteiger partial charge in [-0.3, -0.25) is 0 Å². The Hall–Kier alpha value is -4.38. The van der Waals surface area contributed by atoms with Crippen LogP contribution in [0.2, 0.25) is 0 Å². The molecule has 0 bridgehead atoms. The standard InChI is InChI=1S/C23H18N2O6/c1-27-13-6-8-18(28-2)16(10-13)21-15-7-5-14(30-23(26)19-4-3-9-29-19)11-20(15)31-22(25)17(21)12-24/h3-11,21H,25H2,1-2H3. The molecule has 1 aliphatic rings. The zero-order valence-corrected chi connectivity index (χ0v) is 16.7. The van der Waals surface area contributed by atoms with E-state index in [2.05, 4.69) is 6.07 Å². The van der Waals surface area contributed by atoms with Crippen LogP contribution in [0.15, 0.2) is 70.7 Å². The van der Waals surface area contributed by atoms with Crippen molar-refractivity contribution >= 4 is 5.97 Å². The third-order valence-electron chi connectivity index (χ3n) is 4.87. The molecule has 0 amide bonds. The number of benzene rings is 2. The van der Waals surface area contributed by atoms with Crippen molar-refractivity contribution in [2.75, 3.05) is 14.2 Å². The van der Waals surface area contributed by atoms with Crippen molar-refractivity contribution in [1.82, 2.24) is 0 Å². The largest absolute Gasteiger partial charge is 0.497 e. The molecular weight excluding hydrogens is 400 g/mol. The topological polar surface area (TPSA) is 117 Å². The number of methoxy groups -OCH3 is 2. The molecule has 0 spiro atoms. The van der Waals surface area contributed by atoms with E-state index in [4.69, 9.17) is 29.1 Å². The number of nitriles is 1. The summed E-state index contributed by atoms with van der Waals surface area (Å²) in [5.74, 6) is 0.585. The molecule has 31 heavy (non-hydrogen) atoms. The van der Waals surface area contributed by atoms with Gasteiger partial charge in [0.05, 0.1) is 26.4 Å². The smallest absolute Gasteiger partial charge is 0.379 e. The normalized spacial score (nSPS) is 14.8. The first-order valence-corrected chi connectivity index (χ1v) is 9.24. The Morgan fingerprint density at radius 3 is 2.55 bits per heavy atom. The van der Waals surface area contributed by atoms with Gasteiger partial charge in [0.25, 0.3) is 0 Å². The van der Waals surface area contributed by atoms with E-state index in [1.165, 1.54) is 18.4 Å². The van der Waals surface area contributed by atoms with Crippen LogP contribution in [-0.4, -0.2) is 20.2 Å². The highest BCUT2D eigenvalue weighted by atomic mass is 16.5. The minimum absolute atomic E-state index is 0.0422. The second kappa shape index (κ2) is 8.16. The van der Waals surface area contributed by atoms with Gasteiger partial charge < -0.3 is 29.1 Å². The van der Waals surface area contributed by atoms with E-state index in [0.29, 0.717) is 28.4 Å². The molecule has 3 aromatic rings. The quantitative estimate of drug-likeness (QED) is 0.492. The summed E-state index contributed by atoms with van der Waals surface area (Å²) in [5, 5.41) is 9.77. The van der Waals surface area contributed by atoms with Gasteiger partial charge in [0, 0.05) is 17.2 Å². The van der Waals surface area contributed by atoms with Crippen LogP contribution in [-0.2, 0) is 0 Å². The summed E-state index contributed by atoms with van der Waals surface area (Å²) < 4.78 is 26.9. The molecule has 1 unspecified atom stereocenters. The lowest BCUT2D eigenvalue weighted by molar-refractivity contribution is 0.0701. The van der Waals surface area contributed by atoms with Gasteiger partial charge in [-0.25, -0.2) is 4.79 Å². The summed E-state index contributed by atoms with van der Waals surface area (Å²) >= 11 is 0. The highest BCUT2D eigenvalue weighted by Crippen LogP contribution is 2.46. The molecule has 0 fully saturated rings. The molecule has 0 aliphatic carbocycles. The van der Waals surface area contributed by atoms with Gasteiger partial charge in [0.15, 0.2) is 0 Å². The Balaban J connectivity index is 1.78. The molecule has 2 heterocycles. The Morgan fingerprint density at radius 2 is 1.87 bits per heavy atom. The monoisotopic (exact) mass is 418 g/mol. The molecule has 156 valence electrons. The minimum Gasteiger partial charge on any atom is -0.497 e. The van der Waals surface area contributed by atoms with E-state index in [-0.39, 0.29) is 23.0 Å². The second-order valence-corrected chi connectivity index (χ2v) is 6.60. The van der Waals surface area contributed by atoms with Gasteiger partial charge in [-0.15, -0.1) is 0 Å². The van der Waals surface area contributed by atoms with Crippen molar-refractivity contribution in [1.29, 1.82) is 5.26 Å². The molecule has 0 radical (unpaired) electrons. The van der Waals surface area contributed by atoms with Crippen LogP contribution in [0.4, 0.5) is 0 Å². The molecular formula is C23H18N2O6. The van der Waals surface area contributed by atoms with Crippen LogP contribution in [0.3, 0.4) is 0 Å². The zero-order chi connectivity index (χ0) is 22.0. The van der Waals surface area contributed by atoms with Gasteiger partial charge in [-0.2, -0.15) is 5.26 Å². The first-order valence-electron chi connectivity index (χ1n) is 9.24. The number of carbonyl (C=O) groups is 1. The second-order valence-electron chi connectivity index (χ2n) is 6.60. The Kier molecular flexibility index (Phi) is 5.24. The summed E-state index contributed by atoms with van der Waals surface area (Å²) in [6, 6.07) is 15.4.